The van der Waals surface area contributed by atoms with E-state index >= 15 is 0 Å². The van der Waals surface area contributed by atoms with Gasteiger partial charge in [-0.2, -0.15) is 0 Å². The maximum Gasteiger partial charge on any atom is 0.303 e. The summed E-state index contributed by atoms with van der Waals surface area (Å²) in [7, 11) is 1.36. The van der Waals surface area contributed by atoms with Crippen LogP contribution in [0.1, 0.15) is 51.6 Å². The number of H-pyrrole nitrogens is 1. The van der Waals surface area contributed by atoms with Crippen molar-refractivity contribution in [2.75, 3.05) is 7.11 Å². The summed E-state index contributed by atoms with van der Waals surface area (Å²) in [6, 6.07) is 0. The van der Waals surface area contributed by atoms with Crippen molar-refractivity contribution in [3.05, 3.63) is 34.3 Å². The van der Waals surface area contributed by atoms with Gasteiger partial charge in [-0.15, -0.1) is 0 Å². The zero-order valence-corrected chi connectivity index (χ0v) is 11.1. The van der Waals surface area contributed by atoms with Gasteiger partial charge in [0, 0.05) is 13.0 Å². The summed E-state index contributed by atoms with van der Waals surface area (Å²) in [5, 5.41) is 0. The lowest BCUT2D eigenvalue weighted by atomic mass is 9.96. The molecule has 1 atom stereocenters. The summed E-state index contributed by atoms with van der Waals surface area (Å²) in [6.45, 7) is 1.34. The van der Waals surface area contributed by atoms with Crippen LogP contribution in [0.4, 0.5) is 0 Å². The highest BCUT2D eigenvalue weighted by molar-refractivity contribution is 6.24. The van der Waals surface area contributed by atoms with Crippen LogP contribution in [0.15, 0.2) is 11.8 Å². The number of rotatable bonds is 2. The number of ether oxygens (including phenoxy) is 2. The van der Waals surface area contributed by atoms with Crippen molar-refractivity contribution in [2.24, 2.45) is 0 Å². The van der Waals surface area contributed by atoms with E-state index in [1.807, 2.05) is 0 Å². The molecule has 0 saturated heterocycles. The van der Waals surface area contributed by atoms with E-state index in [0.717, 1.165) is 5.56 Å². The van der Waals surface area contributed by atoms with Crippen LogP contribution in [0.3, 0.4) is 0 Å². The van der Waals surface area contributed by atoms with Crippen LogP contribution >= 0.6 is 0 Å². The first-order valence-corrected chi connectivity index (χ1v) is 6.29. The zero-order valence-electron chi connectivity index (χ0n) is 11.1. The lowest BCUT2D eigenvalue weighted by molar-refractivity contribution is -0.146. The normalized spacial score (nSPS) is 20.3. The fourth-order valence-electron chi connectivity index (χ4n) is 2.80. The second-order valence-electron chi connectivity index (χ2n) is 4.81. The van der Waals surface area contributed by atoms with E-state index < -0.39 is 6.10 Å². The van der Waals surface area contributed by atoms with Gasteiger partial charge in [0.05, 0.1) is 24.1 Å². The number of aromatic amines is 1. The molecule has 6 heteroatoms. The number of esters is 1. The minimum Gasteiger partial charge on any atom is -0.492 e. The summed E-state index contributed by atoms with van der Waals surface area (Å²) in [4.78, 5) is 38.3. The van der Waals surface area contributed by atoms with Crippen molar-refractivity contribution in [3.63, 3.8) is 0 Å². The Morgan fingerprint density at radius 3 is 2.80 bits per heavy atom. The average molecular weight is 275 g/mol. The van der Waals surface area contributed by atoms with Crippen molar-refractivity contribution in [1.29, 1.82) is 0 Å². The highest BCUT2D eigenvalue weighted by Crippen LogP contribution is 2.39. The molecule has 1 heterocycles. The average Bonchev–Trinajstić information content (AvgIpc) is 2.94. The van der Waals surface area contributed by atoms with Gasteiger partial charge in [-0.3, -0.25) is 14.4 Å². The highest BCUT2D eigenvalue weighted by atomic mass is 16.5. The molecule has 1 aromatic rings. The molecule has 0 radical (unpaired) electrons. The van der Waals surface area contributed by atoms with Crippen LogP contribution < -0.4 is 0 Å². The van der Waals surface area contributed by atoms with E-state index in [2.05, 4.69) is 4.98 Å². The molecule has 20 heavy (non-hydrogen) atoms. The Bertz CT molecular complexity index is 667. The van der Waals surface area contributed by atoms with Crippen molar-refractivity contribution >= 4 is 17.5 Å². The quantitative estimate of drug-likeness (QED) is 0.826. The van der Waals surface area contributed by atoms with Crippen molar-refractivity contribution in [3.8, 4) is 0 Å². The Hall–Kier alpha value is -2.37. The second-order valence-corrected chi connectivity index (χ2v) is 4.81. The predicted octanol–water partition coefficient (Wildman–Crippen LogP) is 1.47. The lowest BCUT2D eigenvalue weighted by Crippen LogP contribution is -2.18. The summed E-state index contributed by atoms with van der Waals surface area (Å²) in [5.41, 5.74) is 2.03. The Labute approximate surface area is 114 Å². The maximum atomic E-state index is 12.3. The molecule has 1 N–H and O–H groups in total. The van der Waals surface area contributed by atoms with Gasteiger partial charge < -0.3 is 14.5 Å². The number of hydrogen-bond donors (Lipinski definition) is 1. The van der Waals surface area contributed by atoms with E-state index in [-0.39, 0.29) is 29.0 Å². The molecule has 0 spiro atoms. The minimum atomic E-state index is -0.417. The zero-order chi connectivity index (χ0) is 14.4. The molecule has 2 aliphatic rings. The maximum absolute atomic E-state index is 12.3. The van der Waals surface area contributed by atoms with Crippen LogP contribution in [0, 0.1) is 0 Å². The molecule has 0 aromatic carbocycles. The van der Waals surface area contributed by atoms with Gasteiger partial charge in [-0.05, 0) is 18.4 Å². The fraction of sp³-hybridized carbons (Fsp3) is 0.357. The van der Waals surface area contributed by atoms with Gasteiger partial charge >= 0.3 is 5.97 Å². The molecule has 1 aromatic heterocycles. The first-order chi connectivity index (χ1) is 9.52. The Morgan fingerprint density at radius 2 is 2.15 bits per heavy atom. The topological polar surface area (TPSA) is 85.5 Å². The first kappa shape index (κ1) is 12.7. The fourth-order valence-corrected chi connectivity index (χ4v) is 2.80. The first-order valence-electron chi connectivity index (χ1n) is 6.29. The van der Waals surface area contributed by atoms with E-state index in [9.17, 15) is 14.4 Å². The van der Waals surface area contributed by atoms with E-state index in [1.165, 1.54) is 20.1 Å². The smallest absolute Gasteiger partial charge is 0.303 e. The van der Waals surface area contributed by atoms with Crippen LogP contribution in [-0.4, -0.2) is 29.6 Å². The standard InChI is InChI=1S/C14H13NO5/c1-6(16)20-9-4-3-7-11-13(15-12(7)9)8(17)5-10(19-2)14(11)18/h5,9,15H,3-4H2,1-2H3. The molecule has 6 nitrogen and oxygen atoms in total. The number of hydrogen-bond acceptors (Lipinski definition) is 5. The number of nitrogens with one attached hydrogen (secondary N) is 1. The monoisotopic (exact) mass is 275 g/mol. The van der Waals surface area contributed by atoms with Gasteiger partial charge in [-0.1, -0.05) is 0 Å². The van der Waals surface area contributed by atoms with Gasteiger partial charge in [0.25, 0.3) is 0 Å². The Morgan fingerprint density at radius 1 is 1.40 bits per heavy atom. The van der Waals surface area contributed by atoms with Gasteiger partial charge in [0.2, 0.25) is 11.6 Å². The Balaban J connectivity index is 2.07. The Kier molecular flexibility index (Phi) is 2.74. The molecule has 0 fully saturated rings. The number of ketones is 2. The van der Waals surface area contributed by atoms with Gasteiger partial charge in [-0.25, -0.2) is 0 Å². The molecule has 0 amide bonds. The third kappa shape index (κ3) is 1.68. The largest absolute Gasteiger partial charge is 0.492 e. The van der Waals surface area contributed by atoms with Crippen molar-refractivity contribution < 1.29 is 23.9 Å². The van der Waals surface area contributed by atoms with E-state index in [0.29, 0.717) is 24.1 Å². The SMILES string of the molecule is COC1=CC(=O)c2[nH]c3c(c2C1=O)CCC3OC(C)=O. The number of carbonyl (C=O) groups is 3. The van der Waals surface area contributed by atoms with Crippen LogP contribution in [-0.2, 0) is 20.7 Å². The molecule has 3 rings (SSSR count). The molecule has 104 valence electrons. The van der Waals surface area contributed by atoms with Crippen LogP contribution in [0.25, 0.3) is 0 Å². The minimum absolute atomic E-state index is 0.0419. The molecule has 0 bridgehead atoms. The molecule has 0 aliphatic heterocycles. The highest BCUT2D eigenvalue weighted by Gasteiger charge is 2.38. The van der Waals surface area contributed by atoms with E-state index in [1.54, 1.807) is 0 Å². The number of carbonyl (C=O) groups excluding carboxylic acids is 3. The predicted molar refractivity (Wildman–Crippen MR) is 67.4 cm³/mol. The summed E-state index contributed by atoms with van der Waals surface area (Å²) >= 11 is 0. The van der Waals surface area contributed by atoms with Gasteiger partial charge in [0.1, 0.15) is 6.10 Å². The lowest BCUT2D eigenvalue weighted by Gasteiger charge is -2.12. The number of allylic oxidation sites excluding steroid dienone is 2. The summed E-state index contributed by atoms with van der Waals surface area (Å²) in [6.07, 6.45) is 1.97. The number of aromatic nitrogens is 1. The van der Waals surface area contributed by atoms with Gasteiger partial charge in [0.15, 0.2) is 5.76 Å². The van der Waals surface area contributed by atoms with Crippen molar-refractivity contribution in [1.82, 2.24) is 4.98 Å². The molecular formula is C14H13NO5. The number of fused-ring (bicyclic) bond motifs is 3. The molecule has 1 unspecified atom stereocenters. The van der Waals surface area contributed by atoms with Crippen LogP contribution in [0.2, 0.25) is 0 Å². The molecule has 2 aliphatic carbocycles. The summed E-state index contributed by atoms with van der Waals surface area (Å²) < 4.78 is 10.1. The number of methoxy groups -OCH3 is 1. The third-order valence-electron chi connectivity index (χ3n) is 3.60. The summed E-state index contributed by atoms with van der Waals surface area (Å²) in [5.74, 6) is -0.945. The van der Waals surface area contributed by atoms with Crippen molar-refractivity contribution in [2.45, 2.75) is 25.9 Å². The third-order valence-corrected chi connectivity index (χ3v) is 3.60. The second kappa shape index (κ2) is 4.33. The van der Waals surface area contributed by atoms with E-state index in [4.69, 9.17) is 9.47 Å². The molecular weight excluding hydrogens is 262 g/mol. The number of Topliss-reactive ketones (excluding diaryl/α,β-unsaturated/α-hetero) is 1. The van der Waals surface area contributed by atoms with Crippen LogP contribution in [0.5, 0.6) is 0 Å². The molecule has 0 saturated carbocycles.